The summed E-state index contributed by atoms with van der Waals surface area (Å²) in [7, 11) is 0. The molecule has 1 aromatic carbocycles. The van der Waals surface area contributed by atoms with Gasteiger partial charge in [0, 0.05) is 30.9 Å². The third-order valence-electron chi connectivity index (χ3n) is 3.79. The molecule has 2 nitrogen and oxygen atoms in total. The van der Waals surface area contributed by atoms with E-state index < -0.39 is 0 Å². The lowest BCUT2D eigenvalue weighted by molar-refractivity contribution is 0.326. The number of nitrogens with one attached hydrogen (secondary N) is 1. The number of aryl methyl sites for hydroxylation is 1. The molecule has 0 amide bonds. The third-order valence-corrected chi connectivity index (χ3v) is 3.79. The molecule has 1 N–H and O–H groups in total. The lowest BCUT2D eigenvalue weighted by Crippen LogP contribution is -2.27. The van der Waals surface area contributed by atoms with Crippen LogP contribution in [0.25, 0.3) is 0 Å². The first-order chi connectivity index (χ1) is 7.83. The van der Waals surface area contributed by atoms with Gasteiger partial charge in [0.2, 0.25) is 0 Å². The first kappa shape index (κ1) is 10.2. The van der Waals surface area contributed by atoms with Crippen LogP contribution in [0.2, 0.25) is 0 Å². The third kappa shape index (κ3) is 2.07. The largest absolute Gasteiger partial charge is 0.381 e. The number of nitrogens with zero attached hydrogens (tertiary/aromatic N) is 1. The van der Waals surface area contributed by atoms with E-state index >= 15 is 0 Å². The van der Waals surface area contributed by atoms with E-state index in [9.17, 15) is 0 Å². The van der Waals surface area contributed by atoms with E-state index in [1.54, 1.807) is 0 Å². The molecule has 1 aliphatic heterocycles. The summed E-state index contributed by atoms with van der Waals surface area (Å²) in [5.41, 5.74) is 2.66. The van der Waals surface area contributed by atoms with Gasteiger partial charge in [-0.1, -0.05) is 18.2 Å². The highest BCUT2D eigenvalue weighted by Gasteiger charge is 2.34. The summed E-state index contributed by atoms with van der Waals surface area (Å²) in [6.45, 7) is 4.70. The summed E-state index contributed by atoms with van der Waals surface area (Å²) in [6.07, 6.45) is 4.15. The fourth-order valence-electron chi connectivity index (χ4n) is 2.63. The zero-order valence-corrected chi connectivity index (χ0v) is 9.95. The first-order valence-corrected chi connectivity index (χ1v) is 6.39. The topological polar surface area (TPSA) is 15.3 Å². The maximum absolute atomic E-state index is 3.68. The molecular formula is C14H20N2. The highest BCUT2D eigenvalue weighted by atomic mass is 15.2. The quantitative estimate of drug-likeness (QED) is 0.835. The van der Waals surface area contributed by atoms with Crippen molar-refractivity contribution in [3.63, 3.8) is 0 Å². The molecule has 0 bridgehead atoms. The van der Waals surface area contributed by atoms with Gasteiger partial charge in [0.05, 0.1) is 0 Å². The molecule has 2 heteroatoms. The van der Waals surface area contributed by atoms with E-state index in [0.717, 1.165) is 6.04 Å². The number of hydrogen-bond donors (Lipinski definition) is 1. The Hall–Kier alpha value is -1.02. The second-order valence-electron chi connectivity index (χ2n) is 5.17. The zero-order chi connectivity index (χ0) is 11.0. The summed E-state index contributed by atoms with van der Waals surface area (Å²) < 4.78 is 0. The zero-order valence-electron chi connectivity index (χ0n) is 9.95. The average molecular weight is 216 g/mol. The Kier molecular flexibility index (Phi) is 2.60. The Labute approximate surface area is 97.6 Å². The number of para-hydroxylation sites is 1. The summed E-state index contributed by atoms with van der Waals surface area (Å²) in [5.74, 6) is 0. The van der Waals surface area contributed by atoms with Crippen molar-refractivity contribution >= 4 is 5.69 Å². The highest BCUT2D eigenvalue weighted by molar-refractivity contribution is 5.51. The van der Waals surface area contributed by atoms with Crippen LogP contribution in [-0.2, 0) is 0 Å². The molecule has 86 valence electrons. The standard InChI is InChI=1S/C14H20N2/c1-11-4-2-3-5-14(11)15-12-8-9-16(10-12)13-6-7-13/h2-5,12-13,15H,6-10H2,1H3. The fourth-order valence-corrected chi connectivity index (χ4v) is 2.63. The summed E-state index contributed by atoms with van der Waals surface area (Å²) in [4.78, 5) is 2.65. The molecule has 2 fully saturated rings. The fraction of sp³-hybridized carbons (Fsp3) is 0.571. The molecule has 0 aromatic heterocycles. The van der Waals surface area contributed by atoms with Crippen LogP contribution < -0.4 is 5.32 Å². The number of anilines is 1. The maximum atomic E-state index is 3.68. The minimum Gasteiger partial charge on any atom is -0.381 e. The maximum Gasteiger partial charge on any atom is 0.0400 e. The Morgan fingerprint density at radius 2 is 2.00 bits per heavy atom. The first-order valence-electron chi connectivity index (χ1n) is 6.39. The van der Waals surface area contributed by atoms with Gasteiger partial charge in [-0.15, -0.1) is 0 Å². The molecular weight excluding hydrogens is 196 g/mol. The molecule has 1 saturated heterocycles. The van der Waals surface area contributed by atoms with Gasteiger partial charge < -0.3 is 5.32 Å². The normalized spacial score (nSPS) is 25.9. The van der Waals surface area contributed by atoms with E-state index in [4.69, 9.17) is 0 Å². The number of benzene rings is 1. The molecule has 1 unspecified atom stereocenters. The van der Waals surface area contributed by atoms with Crippen LogP contribution in [0.1, 0.15) is 24.8 Å². The van der Waals surface area contributed by atoms with E-state index in [1.165, 1.54) is 43.6 Å². The van der Waals surface area contributed by atoms with Gasteiger partial charge in [-0.05, 0) is 37.8 Å². The van der Waals surface area contributed by atoms with Crippen molar-refractivity contribution in [2.75, 3.05) is 18.4 Å². The Morgan fingerprint density at radius 1 is 1.19 bits per heavy atom. The number of hydrogen-bond acceptors (Lipinski definition) is 2. The van der Waals surface area contributed by atoms with Crippen LogP contribution >= 0.6 is 0 Å². The van der Waals surface area contributed by atoms with Gasteiger partial charge in [-0.3, -0.25) is 4.90 Å². The van der Waals surface area contributed by atoms with E-state index in [1.807, 2.05) is 0 Å². The van der Waals surface area contributed by atoms with Crippen LogP contribution in [0, 0.1) is 6.92 Å². The van der Waals surface area contributed by atoms with Gasteiger partial charge in [-0.2, -0.15) is 0 Å². The average Bonchev–Trinajstić information content (AvgIpc) is 3.03. The Morgan fingerprint density at radius 3 is 2.75 bits per heavy atom. The highest BCUT2D eigenvalue weighted by Crippen LogP contribution is 2.30. The minimum absolute atomic E-state index is 0.654. The SMILES string of the molecule is Cc1ccccc1NC1CCN(C2CC2)C1. The molecule has 3 rings (SSSR count). The number of rotatable bonds is 3. The summed E-state index contributed by atoms with van der Waals surface area (Å²) in [6, 6.07) is 10.2. The predicted molar refractivity (Wildman–Crippen MR) is 67.8 cm³/mol. The van der Waals surface area contributed by atoms with Crippen molar-refractivity contribution < 1.29 is 0 Å². The molecule has 0 radical (unpaired) electrons. The molecule has 1 saturated carbocycles. The van der Waals surface area contributed by atoms with Crippen LogP contribution in [-0.4, -0.2) is 30.1 Å². The van der Waals surface area contributed by atoms with Gasteiger partial charge in [0.1, 0.15) is 0 Å². The van der Waals surface area contributed by atoms with Crippen molar-refractivity contribution in [1.29, 1.82) is 0 Å². The van der Waals surface area contributed by atoms with Crippen molar-refractivity contribution in [2.45, 2.75) is 38.3 Å². The number of likely N-dealkylation sites (tertiary alicyclic amines) is 1. The van der Waals surface area contributed by atoms with Gasteiger partial charge in [-0.25, -0.2) is 0 Å². The summed E-state index contributed by atoms with van der Waals surface area (Å²) in [5, 5.41) is 3.68. The predicted octanol–water partition coefficient (Wildman–Crippen LogP) is 2.64. The second kappa shape index (κ2) is 4.10. The molecule has 2 aliphatic rings. The van der Waals surface area contributed by atoms with Crippen molar-refractivity contribution in [2.24, 2.45) is 0 Å². The smallest absolute Gasteiger partial charge is 0.0400 e. The van der Waals surface area contributed by atoms with Gasteiger partial charge in [0.25, 0.3) is 0 Å². The van der Waals surface area contributed by atoms with Gasteiger partial charge in [0.15, 0.2) is 0 Å². The van der Waals surface area contributed by atoms with Crippen LogP contribution in [0.5, 0.6) is 0 Å². The van der Waals surface area contributed by atoms with Crippen molar-refractivity contribution in [3.8, 4) is 0 Å². The van der Waals surface area contributed by atoms with Crippen molar-refractivity contribution in [3.05, 3.63) is 29.8 Å². The van der Waals surface area contributed by atoms with Gasteiger partial charge >= 0.3 is 0 Å². The minimum atomic E-state index is 0.654. The molecule has 1 atom stereocenters. The molecule has 0 spiro atoms. The molecule has 1 aromatic rings. The summed E-state index contributed by atoms with van der Waals surface area (Å²) >= 11 is 0. The van der Waals surface area contributed by atoms with E-state index in [-0.39, 0.29) is 0 Å². The molecule has 1 heterocycles. The second-order valence-corrected chi connectivity index (χ2v) is 5.17. The molecule has 1 aliphatic carbocycles. The van der Waals surface area contributed by atoms with Crippen LogP contribution in [0.3, 0.4) is 0 Å². The lowest BCUT2D eigenvalue weighted by atomic mass is 10.1. The Bertz CT molecular complexity index is 371. The monoisotopic (exact) mass is 216 g/mol. The van der Waals surface area contributed by atoms with E-state index in [0.29, 0.717) is 6.04 Å². The van der Waals surface area contributed by atoms with Crippen LogP contribution in [0.15, 0.2) is 24.3 Å². The lowest BCUT2D eigenvalue weighted by Gasteiger charge is -2.17. The molecule has 16 heavy (non-hydrogen) atoms. The van der Waals surface area contributed by atoms with Crippen LogP contribution in [0.4, 0.5) is 5.69 Å². The Balaban J connectivity index is 1.61. The van der Waals surface area contributed by atoms with Crippen molar-refractivity contribution in [1.82, 2.24) is 4.90 Å². The van der Waals surface area contributed by atoms with E-state index in [2.05, 4.69) is 41.4 Å².